The van der Waals surface area contributed by atoms with Gasteiger partial charge in [-0.3, -0.25) is 4.90 Å². The summed E-state index contributed by atoms with van der Waals surface area (Å²) in [4.78, 5) is 8.02. The molecule has 4 nitrogen and oxygen atoms in total. The molecule has 0 amide bonds. The van der Waals surface area contributed by atoms with Gasteiger partial charge in [-0.05, 0) is 39.4 Å². The monoisotopic (exact) mass is 334 g/mol. The zero-order valence-corrected chi connectivity index (χ0v) is 15.1. The smallest absolute Gasteiger partial charge is 0.119 e. The Bertz CT molecular complexity index is 600. The molecule has 0 spiro atoms. The second-order valence-electron chi connectivity index (χ2n) is 5.80. The van der Waals surface area contributed by atoms with Crippen molar-refractivity contribution in [1.82, 2.24) is 9.88 Å². The molecule has 2 unspecified atom stereocenters. The maximum absolute atomic E-state index is 10.2. The minimum Gasteiger partial charge on any atom is -0.491 e. The van der Waals surface area contributed by atoms with E-state index in [1.165, 1.54) is 9.88 Å². The molecular weight excluding hydrogens is 308 g/mol. The molecule has 1 aromatic heterocycles. The Morgan fingerprint density at radius 2 is 2.00 bits per heavy atom. The first-order valence-electron chi connectivity index (χ1n) is 8.03. The predicted molar refractivity (Wildman–Crippen MR) is 95.2 cm³/mol. The number of thiazole rings is 1. The average molecular weight is 334 g/mol. The number of aliphatic hydroxyl groups is 1. The van der Waals surface area contributed by atoms with Crippen LogP contribution in [0.2, 0.25) is 0 Å². The van der Waals surface area contributed by atoms with E-state index in [1.807, 2.05) is 37.4 Å². The first-order valence-corrected chi connectivity index (χ1v) is 8.85. The number of hydrogen-bond acceptors (Lipinski definition) is 5. The highest BCUT2D eigenvalue weighted by molar-refractivity contribution is 7.11. The molecule has 23 heavy (non-hydrogen) atoms. The Morgan fingerprint density at radius 1 is 1.30 bits per heavy atom. The largest absolute Gasteiger partial charge is 0.491 e. The minimum absolute atomic E-state index is 0.235. The summed E-state index contributed by atoms with van der Waals surface area (Å²) >= 11 is 1.77. The lowest BCUT2D eigenvalue weighted by Gasteiger charge is -2.26. The predicted octanol–water partition coefficient (Wildman–Crippen LogP) is 3.45. The Labute approximate surface area is 142 Å². The molecule has 0 saturated heterocycles. The normalized spacial score (nSPS) is 14.0. The van der Waals surface area contributed by atoms with Crippen LogP contribution in [0.5, 0.6) is 5.75 Å². The zero-order valence-electron chi connectivity index (χ0n) is 14.3. The van der Waals surface area contributed by atoms with Gasteiger partial charge in [0.25, 0.3) is 0 Å². The molecule has 0 saturated carbocycles. The molecule has 1 heterocycles. The van der Waals surface area contributed by atoms with Crippen LogP contribution in [-0.2, 0) is 6.42 Å². The van der Waals surface area contributed by atoms with Crippen molar-refractivity contribution in [3.05, 3.63) is 45.9 Å². The number of ether oxygens (including phenoxy) is 1. The SMILES string of the molecule is CCc1nc(C)c(C(C)N(C)CC(O)COc2ccccc2)s1. The number of nitrogens with zero attached hydrogens (tertiary/aromatic N) is 2. The van der Waals surface area contributed by atoms with Crippen LogP contribution in [0.3, 0.4) is 0 Å². The molecule has 1 N–H and O–H groups in total. The van der Waals surface area contributed by atoms with E-state index in [0.717, 1.165) is 17.9 Å². The van der Waals surface area contributed by atoms with E-state index < -0.39 is 6.10 Å². The lowest BCUT2D eigenvalue weighted by Crippen LogP contribution is -2.34. The number of aryl methyl sites for hydroxylation is 2. The number of aliphatic hydroxyl groups excluding tert-OH is 1. The number of hydrogen-bond donors (Lipinski definition) is 1. The summed E-state index contributed by atoms with van der Waals surface area (Å²) in [7, 11) is 2.03. The van der Waals surface area contributed by atoms with Crippen LogP contribution >= 0.6 is 11.3 Å². The Morgan fingerprint density at radius 3 is 2.61 bits per heavy atom. The van der Waals surface area contributed by atoms with E-state index in [9.17, 15) is 5.11 Å². The molecule has 0 aliphatic heterocycles. The summed E-state index contributed by atoms with van der Waals surface area (Å²) in [6.45, 7) is 7.20. The first-order chi connectivity index (χ1) is 11.0. The highest BCUT2D eigenvalue weighted by Crippen LogP contribution is 2.28. The molecule has 2 rings (SSSR count). The molecule has 0 bridgehead atoms. The van der Waals surface area contributed by atoms with Crippen LogP contribution in [0.25, 0.3) is 0 Å². The number of para-hydroxylation sites is 1. The van der Waals surface area contributed by atoms with E-state index in [1.54, 1.807) is 11.3 Å². The molecule has 2 aromatic rings. The Kier molecular flexibility index (Phi) is 6.57. The third kappa shape index (κ3) is 5.03. The van der Waals surface area contributed by atoms with Crippen LogP contribution < -0.4 is 4.74 Å². The van der Waals surface area contributed by atoms with Gasteiger partial charge in [-0.2, -0.15) is 0 Å². The van der Waals surface area contributed by atoms with Gasteiger partial charge in [-0.15, -0.1) is 11.3 Å². The lowest BCUT2D eigenvalue weighted by molar-refractivity contribution is 0.0657. The lowest BCUT2D eigenvalue weighted by atomic mass is 10.2. The van der Waals surface area contributed by atoms with Crippen molar-refractivity contribution >= 4 is 11.3 Å². The summed E-state index contributed by atoms with van der Waals surface area (Å²) in [6.07, 6.45) is 0.441. The highest BCUT2D eigenvalue weighted by atomic mass is 32.1. The average Bonchev–Trinajstić information content (AvgIpc) is 2.94. The number of aromatic nitrogens is 1. The molecule has 1 aromatic carbocycles. The molecule has 0 fully saturated rings. The van der Waals surface area contributed by atoms with Crippen molar-refractivity contribution in [2.75, 3.05) is 20.2 Å². The van der Waals surface area contributed by atoms with Gasteiger partial charge in [0.05, 0.1) is 10.7 Å². The van der Waals surface area contributed by atoms with Crippen LogP contribution in [-0.4, -0.2) is 41.3 Å². The topological polar surface area (TPSA) is 45.6 Å². The van der Waals surface area contributed by atoms with Crippen LogP contribution in [0.1, 0.15) is 35.5 Å². The fourth-order valence-corrected chi connectivity index (χ4v) is 3.58. The van der Waals surface area contributed by atoms with Crippen molar-refractivity contribution in [3.8, 4) is 5.75 Å². The second-order valence-corrected chi connectivity index (χ2v) is 6.92. The van der Waals surface area contributed by atoms with Crippen molar-refractivity contribution in [1.29, 1.82) is 0 Å². The van der Waals surface area contributed by atoms with Crippen molar-refractivity contribution in [2.45, 2.75) is 39.3 Å². The Balaban J connectivity index is 1.87. The maximum Gasteiger partial charge on any atom is 0.119 e. The van der Waals surface area contributed by atoms with Gasteiger partial charge in [0, 0.05) is 17.5 Å². The summed E-state index contributed by atoms with van der Waals surface area (Å²) < 4.78 is 5.61. The summed E-state index contributed by atoms with van der Waals surface area (Å²) in [5.74, 6) is 0.785. The second kappa shape index (κ2) is 8.43. The van der Waals surface area contributed by atoms with E-state index in [0.29, 0.717) is 13.2 Å². The van der Waals surface area contributed by atoms with Gasteiger partial charge in [-0.25, -0.2) is 4.98 Å². The zero-order chi connectivity index (χ0) is 16.8. The van der Waals surface area contributed by atoms with Gasteiger partial charge in [0.2, 0.25) is 0 Å². The summed E-state index contributed by atoms with van der Waals surface area (Å²) in [5.41, 5.74) is 1.10. The van der Waals surface area contributed by atoms with Gasteiger partial charge in [0.15, 0.2) is 0 Å². The molecule has 0 aliphatic rings. The summed E-state index contributed by atoms with van der Waals surface area (Å²) in [5, 5.41) is 11.4. The van der Waals surface area contributed by atoms with Gasteiger partial charge < -0.3 is 9.84 Å². The molecule has 5 heteroatoms. The minimum atomic E-state index is -0.526. The van der Waals surface area contributed by atoms with Gasteiger partial charge >= 0.3 is 0 Å². The van der Waals surface area contributed by atoms with E-state index in [4.69, 9.17) is 4.74 Å². The van der Waals surface area contributed by atoms with E-state index in [2.05, 4.69) is 30.7 Å². The van der Waals surface area contributed by atoms with Gasteiger partial charge in [0.1, 0.15) is 18.5 Å². The number of benzene rings is 1. The number of rotatable bonds is 8. The third-order valence-corrected chi connectivity index (χ3v) is 5.38. The first kappa shape index (κ1) is 17.9. The summed E-state index contributed by atoms with van der Waals surface area (Å²) in [6, 6.07) is 9.82. The van der Waals surface area contributed by atoms with Crippen molar-refractivity contribution in [3.63, 3.8) is 0 Å². The Hall–Kier alpha value is -1.43. The fourth-order valence-electron chi connectivity index (χ4n) is 2.46. The molecule has 2 atom stereocenters. The number of likely N-dealkylation sites (N-methyl/N-ethyl adjacent to an activating group) is 1. The molecule has 0 radical (unpaired) electrons. The van der Waals surface area contributed by atoms with Crippen LogP contribution in [0.4, 0.5) is 0 Å². The highest BCUT2D eigenvalue weighted by Gasteiger charge is 2.20. The van der Waals surface area contributed by atoms with E-state index >= 15 is 0 Å². The van der Waals surface area contributed by atoms with Crippen LogP contribution in [0, 0.1) is 6.92 Å². The molecule has 126 valence electrons. The molecular formula is C18H26N2O2S. The maximum atomic E-state index is 10.2. The van der Waals surface area contributed by atoms with Crippen molar-refractivity contribution < 1.29 is 9.84 Å². The molecule has 0 aliphatic carbocycles. The van der Waals surface area contributed by atoms with Gasteiger partial charge in [-0.1, -0.05) is 25.1 Å². The quantitative estimate of drug-likeness (QED) is 0.803. The van der Waals surface area contributed by atoms with Crippen LogP contribution in [0.15, 0.2) is 30.3 Å². The third-order valence-electron chi connectivity index (χ3n) is 3.90. The van der Waals surface area contributed by atoms with Crippen molar-refractivity contribution in [2.24, 2.45) is 0 Å². The fraction of sp³-hybridized carbons (Fsp3) is 0.500. The standard InChI is InChI=1S/C18H26N2O2S/c1-5-17-19-13(2)18(23-17)14(3)20(4)11-15(21)12-22-16-9-7-6-8-10-16/h6-10,14-15,21H,5,11-12H2,1-4H3. The van der Waals surface area contributed by atoms with E-state index in [-0.39, 0.29) is 6.04 Å².